The number of halogens is 1. The molecule has 0 heterocycles. The summed E-state index contributed by atoms with van der Waals surface area (Å²) in [7, 11) is 0. The van der Waals surface area contributed by atoms with Gasteiger partial charge in [-0.3, -0.25) is 4.79 Å². The van der Waals surface area contributed by atoms with Crippen molar-refractivity contribution in [3.05, 3.63) is 0 Å². The van der Waals surface area contributed by atoms with Gasteiger partial charge in [-0.1, -0.05) is 0 Å². The Hall–Kier alpha value is -0.0400. The van der Waals surface area contributed by atoms with Gasteiger partial charge < -0.3 is 0 Å². The summed E-state index contributed by atoms with van der Waals surface area (Å²) in [6.07, 6.45) is 3.37. The topological polar surface area (TPSA) is 17.1 Å². The number of carbonyl (C=O) groups excluding carboxylic acids is 1. The quantitative estimate of drug-likeness (QED) is 0.472. The molecule has 50 valence electrons. The SMILES string of the molecule is O=C1[C@H]2CC[C@@H](C2)[C@@H]1Cl. The van der Waals surface area contributed by atoms with E-state index >= 15 is 0 Å². The van der Waals surface area contributed by atoms with E-state index in [0.717, 1.165) is 12.8 Å². The van der Waals surface area contributed by atoms with Crippen LogP contribution in [-0.4, -0.2) is 11.2 Å². The summed E-state index contributed by atoms with van der Waals surface area (Å²) in [4.78, 5) is 11.0. The fourth-order valence-electron chi connectivity index (χ4n) is 2.00. The molecule has 0 aromatic rings. The van der Waals surface area contributed by atoms with Crippen molar-refractivity contribution in [3.8, 4) is 0 Å². The Bertz CT molecular complexity index is 151. The highest BCUT2D eigenvalue weighted by Crippen LogP contribution is 2.44. The molecule has 0 amide bonds. The molecule has 2 rings (SSSR count). The third kappa shape index (κ3) is 0.644. The normalized spacial score (nSPS) is 48.6. The monoisotopic (exact) mass is 144 g/mol. The van der Waals surface area contributed by atoms with Gasteiger partial charge in [-0.05, 0) is 25.2 Å². The third-order valence-electron chi connectivity index (χ3n) is 2.56. The molecule has 2 heteroatoms. The summed E-state index contributed by atoms with van der Waals surface area (Å²) in [5.41, 5.74) is 0. The van der Waals surface area contributed by atoms with Gasteiger partial charge >= 0.3 is 0 Å². The minimum Gasteiger partial charge on any atom is -0.298 e. The van der Waals surface area contributed by atoms with Gasteiger partial charge in [0.2, 0.25) is 0 Å². The van der Waals surface area contributed by atoms with Crippen LogP contribution in [0, 0.1) is 11.8 Å². The highest BCUT2D eigenvalue weighted by Gasteiger charge is 2.45. The van der Waals surface area contributed by atoms with Gasteiger partial charge in [0.1, 0.15) is 0 Å². The lowest BCUT2D eigenvalue weighted by Gasteiger charge is -2.12. The van der Waals surface area contributed by atoms with E-state index in [1.54, 1.807) is 0 Å². The largest absolute Gasteiger partial charge is 0.298 e. The van der Waals surface area contributed by atoms with Crippen LogP contribution in [0.5, 0.6) is 0 Å². The predicted molar refractivity (Wildman–Crippen MR) is 35.5 cm³/mol. The van der Waals surface area contributed by atoms with E-state index in [2.05, 4.69) is 0 Å². The van der Waals surface area contributed by atoms with E-state index in [4.69, 9.17) is 11.6 Å². The van der Waals surface area contributed by atoms with E-state index in [9.17, 15) is 4.79 Å². The van der Waals surface area contributed by atoms with Crippen molar-refractivity contribution in [2.75, 3.05) is 0 Å². The Morgan fingerprint density at radius 3 is 2.56 bits per heavy atom. The summed E-state index contributed by atoms with van der Waals surface area (Å²) >= 11 is 5.81. The lowest BCUT2D eigenvalue weighted by Crippen LogP contribution is -2.21. The predicted octanol–water partition coefficient (Wildman–Crippen LogP) is 1.59. The Kier molecular flexibility index (Phi) is 1.10. The lowest BCUT2D eigenvalue weighted by atomic mass is 9.99. The molecule has 2 aliphatic rings. The first-order chi connectivity index (χ1) is 4.29. The average molecular weight is 145 g/mol. The molecule has 0 aromatic carbocycles. The van der Waals surface area contributed by atoms with Gasteiger partial charge in [0, 0.05) is 5.92 Å². The number of hydrogen-bond donors (Lipinski definition) is 0. The van der Waals surface area contributed by atoms with Crippen LogP contribution < -0.4 is 0 Å². The minimum absolute atomic E-state index is 0.122. The van der Waals surface area contributed by atoms with Gasteiger partial charge in [-0.25, -0.2) is 0 Å². The zero-order chi connectivity index (χ0) is 6.43. The maximum Gasteiger partial charge on any atom is 0.154 e. The van der Waals surface area contributed by atoms with Gasteiger partial charge in [0.05, 0.1) is 5.38 Å². The van der Waals surface area contributed by atoms with Crippen molar-refractivity contribution in [2.24, 2.45) is 11.8 Å². The minimum atomic E-state index is -0.122. The summed E-state index contributed by atoms with van der Waals surface area (Å²) in [6, 6.07) is 0. The Labute approximate surface area is 59.4 Å². The van der Waals surface area contributed by atoms with Crippen molar-refractivity contribution in [2.45, 2.75) is 24.6 Å². The molecule has 0 saturated heterocycles. The maximum atomic E-state index is 11.0. The van der Waals surface area contributed by atoms with E-state index in [1.165, 1.54) is 6.42 Å². The number of fused-ring (bicyclic) bond motifs is 2. The lowest BCUT2D eigenvalue weighted by molar-refractivity contribution is -0.121. The van der Waals surface area contributed by atoms with Crippen LogP contribution in [0.4, 0.5) is 0 Å². The Balaban J connectivity index is 2.25. The molecule has 2 bridgehead atoms. The molecule has 2 fully saturated rings. The van der Waals surface area contributed by atoms with Crippen LogP contribution in [0.2, 0.25) is 0 Å². The molecule has 0 N–H and O–H groups in total. The average Bonchev–Trinajstić information content (AvgIpc) is 2.37. The number of ketones is 1. The molecule has 0 radical (unpaired) electrons. The number of alkyl halides is 1. The molecule has 0 aliphatic heterocycles. The van der Waals surface area contributed by atoms with Crippen molar-refractivity contribution in [1.29, 1.82) is 0 Å². The van der Waals surface area contributed by atoms with Gasteiger partial charge in [0.25, 0.3) is 0 Å². The first-order valence-electron chi connectivity index (χ1n) is 3.47. The van der Waals surface area contributed by atoms with Crippen LogP contribution in [0.15, 0.2) is 0 Å². The molecule has 1 nitrogen and oxygen atoms in total. The van der Waals surface area contributed by atoms with Crippen molar-refractivity contribution < 1.29 is 4.79 Å². The molecule has 2 saturated carbocycles. The molecule has 0 aromatic heterocycles. The van der Waals surface area contributed by atoms with Crippen LogP contribution in [0.1, 0.15) is 19.3 Å². The highest BCUT2D eigenvalue weighted by atomic mass is 35.5. The first-order valence-corrected chi connectivity index (χ1v) is 3.90. The third-order valence-corrected chi connectivity index (χ3v) is 3.13. The second-order valence-corrected chi connectivity index (χ2v) is 3.54. The Morgan fingerprint density at radius 2 is 2.22 bits per heavy atom. The van der Waals surface area contributed by atoms with E-state index in [1.807, 2.05) is 0 Å². The first kappa shape index (κ1) is 5.72. The number of rotatable bonds is 0. The van der Waals surface area contributed by atoms with Gasteiger partial charge in [0.15, 0.2) is 5.78 Å². The van der Waals surface area contributed by atoms with Crippen LogP contribution in [-0.2, 0) is 4.79 Å². The van der Waals surface area contributed by atoms with Crippen LogP contribution in [0.25, 0.3) is 0 Å². The molecule has 2 aliphatic carbocycles. The second-order valence-electron chi connectivity index (χ2n) is 3.07. The van der Waals surface area contributed by atoms with Crippen molar-refractivity contribution in [1.82, 2.24) is 0 Å². The summed E-state index contributed by atoms with van der Waals surface area (Å²) in [5.74, 6) is 1.19. The van der Waals surface area contributed by atoms with Gasteiger partial charge in [-0.2, -0.15) is 0 Å². The number of Topliss-reactive ketones (excluding diaryl/α,β-unsaturated/α-hetero) is 1. The summed E-state index contributed by atoms with van der Waals surface area (Å²) < 4.78 is 0. The summed E-state index contributed by atoms with van der Waals surface area (Å²) in [5, 5.41) is -0.122. The number of carbonyl (C=O) groups is 1. The van der Waals surface area contributed by atoms with Gasteiger partial charge in [-0.15, -0.1) is 11.6 Å². The standard InChI is InChI=1S/C7H9ClO/c8-6-4-1-2-5(3-4)7(6)9/h4-6H,1-3H2/t4-,5-,6-/m0/s1. The van der Waals surface area contributed by atoms with Crippen LogP contribution >= 0.6 is 11.6 Å². The van der Waals surface area contributed by atoms with Crippen LogP contribution in [0.3, 0.4) is 0 Å². The summed E-state index contributed by atoms with van der Waals surface area (Å²) in [6.45, 7) is 0. The van der Waals surface area contributed by atoms with Crippen molar-refractivity contribution >= 4 is 17.4 Å². The van der Waals surface area contributed by atoms with Crippen molar-refractivity contribution in [3.63, 3.8) is 0 Å². The number of hydrogen-bond acceptors (Lipinski definition) is 1. The fourth-order valence-corrected chi connectivity index (χ4v) is 2.41. The molecular weight excluding hydrogens is 136 g/mol. The molecule has 0 spiro atoms. The molecular formula is C7H9ClO. The molecule has 0 unspecified atom stereocenters. The van der Waals surface area contributed by atoms with E-state index < -0.39 is 0 Å². The highest BCUT2D eigenvalue weighted by molar-refractivity contribution is 6.32. The van der Waals surface area contributed by atoms with E-state index in [-0.39, 0.29) is 5.38 Å². The fraction of sp³-hybridized carbons (Fsp3) is 0.857. The molecule has 3 atom stereocenters. The zero-order valence-electron chi connectivity index (χ0n) is 5.14. The molecule has 9 heavy (non-hydrogen) atoms. The second kappa shape index (κ2) is 1.72. The van der Waals surface area contributed by atoms with E-state index in [0.29, 0.717) is 17.6 Å². The Morgan fingerprint density at radius 1 is 1.44 bits per heavy atom. The maximum absolute atomic E-state index is 11.0. The smallest absolute Gasteiger partial charge is 0.154 e. The zero-order valence-corrected chi connectivity index (χ0v) is 5.90.